The predicted molar refractivity (Wildman–Crippen MR) is 217 cm³/mol. The molecule has 0 unspecified atom stereocenters. The highest BCUT2D eigenvalue weighted by Crippen LogP contribution is 2.39. The Morgan fingerprint density at radius 2 is 1.00 bits per heavy atom. The number of oxazole rings is 1. The fraction of sp³-hybridized carbons (Fsp3) is 0. The molecule has 0 spiro atoms. The summed E-state index contributed by atoms with van der Waals surface area (Å²) in [7, 11) is 0. The molecule has 3 aromatic heterocycles. The van der Waals surface area contributed by atoms with E-state index in [0.717, 1.165) is 82.4 Å². The van der Waals surface area contributed by atoms with Gasteiger partial charge in [-0.2, -0.15) is 0 Å². The van der Waals surface area contributed by atoms with E-state index in [9.17, 15) is 0 Å². The molecule has 252 valence electrons. The third-order valence-electron chi connectivity index (χ3n) is 10.2. The van der Waals surface area contributed by atoms with Gasteiger partial charge < -0.3 is 8.83 Å². The average Bonchev–Trinajstić information content (AvgIpc) is 3.86. The van der Waals surface area contributed by atoms with Crippen LogP contribution in [0.25, 0.3) is 111 Å². The monoisotopic (exact) mass is 692 g/mol. The zero-order chi connectivity index (χ0) is 35.6. The molecule has 0 amide bonds. The standard InChI is InChI=1S/C48H28N4O2/c1-2-11-33(12-3-1)48-49-40-27-26-31-14-8-18-39(42(31)44(40)54-48)47-51-45(50-46(52-47)35-25-20-29-10-4-5-13-34(29)28-35)32-23-21-30(22-24-32)36-16-9-17-38-37-15-6-7-19-41(37)53-43(36)38/h1-28H. The Hall–Kier alpha value is -7.44. The Balaban J connectivity index is 1.09. The van der Waals surface area contributed by atoms with Crippen LogP contribution in [0, 0.1) is 0 Å². The molecule has 0 saturated heterocycles. The van der Waals surface area contributed by atoms with E-state index in [-0.39, 0.29) is 0 Å². The third kappa shape index (κ3) is 4.96. The van der Waals surface area contributed by atoms with Crippen LogP contribution in [0.3, 0.4) is 0 Å². The summed E-state index contributed by atoms with van der Waals surface area (Å²) < 4.78 is 12.9. The second-order valence-corrected chi connectivity index (χ2v) is 13.4. The summed E-state index contributed by atoms with van der Waals surface area (Å²) in [5.41, 5.74) is 8.83. The van der Waals surface area contributed by atoms with Gasteiger partial charge in [-0.15, -0.1) is 0 Å². The maximum absolute atomic E-state index is 6.52. The van der Waals surface area contributed by atoms with Crippen molar-refractivity contribution < 1.29 is 8.83 Å². The van der Waals surface area contributed by atoms with E-state index in [1.807, 2.05) is 78.9 Å². The molecular formula is C48H28N4O2. The van der Waals surface area contributed by atoms with Gasteiger partial charge in [0.05, 0.1) is 0 Å². The van der Waals surface area contributed by atoms with Crippen LogP contribution in [0.4, 0.5) is 0 Å². The van der Waals surface area contributed by atoms with Gasteiger partial charge in [-0.05, 0) is 52.1 Å². The Morgan fingerprint density at radius 1 is 0.352 bits per heavy atom. The molecule has 0 radical (unpaired) electrons. The second kappa shape index (κ2) is 12.1. The zero-order valence-corrected chi connectivity index (χ0v) is 28.8. The molecule has 3 heterocycles. The van der Waals surface area contributed by atoms with Crippen LogP contribution < -0.4 is 0 Å². The molecule has 0 atom stereocenters. The maximum atomic E-state index is 6.52. The molecule has 0 fully saturated rings. The summed E-state index contributed by atoms with van der Waals surface area (Å²) in [6, 6.07) is 57.7. The Morgan fingerprint density at radius 3 is 1.89 bits per heavy atom. The molecule has 0 aliphatic heterocycles. The van der Waals surface area contributed by atoms with Gasteiger partial charge in [0.15, 0.2) is 23.1 Å². The van der Waals surface area contributed by atoms with Crippen LogP contribution in [-0.2, 0) is 0 Å². The number of fused-ring (bicyclic) bond motifs is 7. The lowest BCUT2D eigenvalue weighted by atomic mass is 10.0. The van der Waals surface area contributed by atoms with Crippen LogP contribution >= 0.6 is 0 Å². The van der Waals surface area contributed by atoms with Gasteiger partial charge in [-0.25, -0.2) is 19.9 Å². The average molecular weight is 693 g/mol. The molecule has 0 aliphatic rings. The van der Waals surface area contributed by atoms with Crippen LogP contribution in [0.2, 0.25) is 0 Å². The molecule has 0 N–H and O–H groups in total. The first kappa shape index (κ1) is 30.2. The summed E-state index contributed by atoms with van der Waals surface area (Å²) in [4.78, 5) is 20.3. The van der Waals surface area contributed by atoms with Gasteiger partial charge in [-0.1, -0.05) is 140 Å². The number of rotatable bonds is 5. The maximum Gasteiger partial charge on any atom is 0.227 e. The van der Waals surface area contributed by atoms with E-state index in [0.29, 0.717) is 28.9 Å². The number of furan rings is 1. The first-order valence-corrected chi connectivity index (χ1v) is 17.9. The number of nitrogens with zero attached hydrogens (tertiary/aromatic N) is 4. The van der Waals surface area contributed by atoms with Crippen molar-refractivity contribution in [2.45, 2.75) is 0 Å². The van der Waals surface area contributed by atoms with Crippen molar-refractivity contribution in [3.05, 3.63) is 170 Å². The Bertz CT molecular complexity index is 3220. The van der Waals surface area contributed by atoms with Crippen molar-refractivity contribution in [2.24, 2.45) is 0 Å². The normalized spacial score (nSPS) is 11.7. The largest absolute Gasteiger partial charge is 0.455 e. The lowest BCUT2D eigenvalue weighted by Crippen LogP contribution is -2.00. The van der Waals surface area contributed by atoms with E-state index in [1.165, 1.54) is 0 Å². The topological polar surface area (TPSA) is 77.8 Å². The third-order valence-corrected chi connectivity index (χ3v) is 10.2. The molecule has 0 aliphatic carbocycles. The van der Waals surface area contributed by atoms with E-state index >= 15 is 0 Å². The smallest absolute Gasteiger partial charge is 0.227 e. The van der Waals surface area contributed by atoms with E-state index in [2.05, 4.69) is 91.0 Å². The molecule has 54 heavy (non-hydrogen) atoms. The number of benzene rings is 8. The van der Waals surface area contributed by atoms with Crippen LogP contribution in [0.15, 0.2) is 179 Å². The fourth-order valence-electron chi connectivity index (χ4n) is 7.50. The Labute approximate surface area is 309 Å². The number of aromatic nitrogens is 4. The highest BCUT2D eigenvalue weighted by Gasteiger charge is 2.19. The quantitative estimate of drug-likeness (QED) is 0.179. The first-order valence-electron chi connectivity index (χ1n) is 17.9. The van der Waals surface area contributed by atoms with Gasteiger partial charge in [0.25, 0.3) is 0 Å². The highest BCUT2D eigenvalue weighted by molar-refractivity contribution is 6.11. The fourth-order valence-corrected chi connectivity index (χ4v) is 7.50. The van der Waals surface area contributed by atoms with Gasteiger partial charge in [0.2, 0.25) is 5.89 Å². The molecule has 8 aromatic carbocycles. The minimum atomic E-state index is 0.551. The van der Waals surface area contributed by atoms with Crippen LogP contribution in [0.1, 0.15) is 0 Å². The number of para-hydroxylation sites is 2. The van der Waals surface area contributed by atoms with Crippen molar-refractivity contribution in [3.63, 3.8) is 0 Å². The molecular weight excluding hydrogens is 665 g/mol. The van der Waals surface area contributed by atoms with Crippen molar-refractivity contribution in [3.8, 4) is 56.7 Å². The van der Waals surface area contributed by atoms with Gasteiger partial charge >= 0.3 is 0 Å². The Kier molecular flexibility index (Phi) is 6.75. The summed E-state index contributed by atoms with van der Waals surface area (Å²) in [6.45, 7) is 0. The van der Waals surface area contributed by atoms with Gasteiger partial charge in [-0.3, -0.25) is 0 Å². The molecule has 11 aromatic rings. The lowest BCUT2D eigenvalue weighted by molar-refractivity contribution is 0.623. The summed E-state index contributed by atoms with van der Waals surface area (Å²) in [5.74, 6) is 2.28. The van der Waals surface area contributed by atoms with Crippen molar-refractivity contribution in [1.82, 2.24) is 19.9 Å². The van der Waals surface area contributed by atoms with Crippen LogP contribution in [-0.4, -0.2) is 19.9 Å². The van der Waals surface area contributed by atoms with E-state index in [4.69, 9.17) is 28.8 Å². The molecule has 11 rings (SSSR count). The highest BCUT2D eigenvalue weighted by atomic mass is 16.3. The molecule has 0 bridgehead atoms. The number of hydrogen-bond acceptors (Lipinski definition) is 6. The van der Waals surface area contributed by atoms with E-state index < -0.39 is 0 Å². The minimum Gasteiger partial charge on any atom is -0.455 e. The zero-order valence-electron chi connectivity index (χ0n) is 28.8. The lowest BCUT2D eigenvalue weighted by Gasteiger charge is -2.11. The SMILES string of the molecule is c1ccc(-c2nc3ccc4cccc(-c5nc(-c6ccc(-c7cccc8c7oc7ccccc78)cc6)nc(-c6ccc7ccccc7c6)n5)c4c3o2)cc1. The number of hydrogen-bond donors (Lipinski definition) is 0. The predicted octanol–water partition coefficient (Wildman–Crippen LogP) is 12.6. The minimum absolute atomic E-state index is 0.551. The second-order valence-electron chi connectivity index (χ2n) is 13.4. The van der Waals surface area contributed by atoms with Crippen molar-refractivity contribution >= 4 is 54.6 Å². The van der Waals surface area contributed by atoms with Gasteiger partial charge in [0.1, 0.15) is 16.7 Å². The first-order chi connectivity index (χ1) is 26.7. The van der Waals surface area contributed by atoms with Crippen molar-refractivity contribution in [2.75, 3.05) is 0 Å². The molecule has 6 nitrogen and oxygen atoms in total. The summed E-state index contributed by atoms with van der Waals surface area (Å²) in [6.07, 6.45) is 0. The van der Waals surface area contributed by atoms with E-state index in [1.54, 1.807) is 0 Å². The van der Waals surface area contributed by atoms with Crippen molar-refractivity contribution in [1.29, 1.82) is 0 Å². The summed E-state index contributed by atoms with van der Waals surface area (Å²) >= 11 is 0. The summed E-state index contributed by atoms with van der Waals surface area (Å²) in [5, 5.41) is 6.39. The molecule has 6 heteroatoms. The van der Waals surface area contributed by atoms with Crippen LogP contribution in [0.5, 0.6) is 0 Å². The van der Waals surface area contributed by atoms with Gasteiger partial charge in [0, 0.05) is 44.0 Å². The molecule has 0 saturated carbocycles.